The number of hydrogen-bond acceptors (Lipinski definition) is 4. The van der Waals surface area contributed by atoms with Gasteiger partial charge >= 0.3 is 5.97 Å². The summed E-state index contributed by atoms with van der Waals surface area (Å²) in [6, 6.07) is 0. The lowest BCUT2D eigenvalue weighted by atomic mass is 9.96. The molecule has 0 aromatic carbocycles. The zero-order valence-corrected chi connectivity index (χ0v) is 9.38. The fraction of sp³-hybridized carbons (Fsp3) is 0.636. The summed E-state index contributed by atoms with van der Waals surface area (Å²) in [5.74, 6) is -0.131. The lowest BCUT2D eigenvalue weighted by Gasteiger charge is -2.12. The standard InChI is InChI=1S/C11H18N2O2/c1-4-9(3)10(8-13-12)6-7-11(14)15-5-2/h10,12H,1,5-8H2,2-3H3. The number of ether oxygens (including phenoxy) is 1. The molecular weight excluding hydrogens is 192 g/mol. The van der Waals surface area contributed by atoms with Crippen molar-refractivity contribution in [3.8, 4) is 0 Å². The number of rotatable bonds is 7. The van der Waals surface area contributed by atoms with Gasteiger partial charge in [0.05, 0.1) is 13.2 Å². The van der Waals surface area contributed by atoms with Crippen molar-refractivity contribution in [3.63, 3.8) is 0 Å². The van der Waals surface area contributed by atoms with E-state index in [1.165, 1.54) is 0 Å². The Hall–Kier alpha value is -1.41. The number of nitrogens with zero attached hydrogens (tertiary/aromatic N) is 1. The first kappa shape index (κ1) is 13.6. The summed E-state index contributed by atoms with van der Waals surface area (Å²) in [4.78, 5) is 11.1. The van der Waals surface area contributed by atoms with E-state index >= 15 is 0 Å². The normalized spacial score (nSPS) is 11.3. The number of esters is 1. The molecule has 0 heterocycles. The van der Waals surface area contributed by atoms with Gasteiger partial charge in [-0.2, -0.15) is 5.11 Å². The van der Waals surface area contributed by atoms with Crippen LogP contribution >= 0.6 is 0 Å². The van der Waals surface area contributed by atoms with E-state index < -0.39 is 0 Å². The fourth-order valence-electron chi connectivity index (χ4n) is 1.22. The molecule has 0 aromatic heterocycles. The van der Waals surface area contributed by atoms with Gasteiger partial charge < -0.3 is 4.74 Å². The van der Waals surface area contributed by atoms with E-state index in [0.717, 1.165) is 5.57 Å². The number of carbonyl (C=O) groups is 1. The molecule has 0 aromatic rings. The van der Waals surface area contributed by atoms with E-state index in [-0.39, 0.29) is 11.9 Å². The van der Waals surface area contributed by atoms with Gasteiger partial charge in [-0.15, -0.1) is 5.73 Å². The van der Waals surface area contributed by atoms with Crippen molar-refractivity contribution in [2.45, 2.75) is 26.7 Å². The zero-order chi connectivity index (χ0) is 11.7. The van der Waals surface area contributed by atoms with Crippen LogP contribution in [0.15, 0.2) is 23.0 Å². The molecule has 15 heavy (non-hydrogen) atoms. The van der Waals surface area contributed by atoms with Gasteiger partial charge in [-0.05, 0) is 25.8 Å². The van der Waals surface area contributed by atoms with E-state index in [2.05, 4.69) is 17.4 Å². The van der Waals surface area contributed by atoms with Crippen molar-refractivity contribution in [3.05, 3.63) is 17.9 Å². The van der Waals surface area contributed by atoms with Crippen LogP contribution in [0.4, 0.5) is 0 Å². The van der Waals surface area contributed by atoms with Crippen molar-refractivity contribution in [1.29, 1.82) is 5.53 Å². The van der Waals surface area contributed by atoms with Gasteiger partial charge in [0.1, 0.15) is 0 Å². The van der Waals surface area contributed by atoms with E-state index in [1.807, 2.05) is 6.92 Å². The molecule has 0 aliphatic rings. The van der Waals surface area contributed by atoms with E-state index in [0.29, 0.717) is 26.0 Å². The molecule has 0 spiro atoms. The van der Waals surface area contributed by atoms with Crippen LogP contribution < -0.4 is 0 Å². The summed E-state index contributed by atoms with van der Waals surface area (Å²) >= 11 is 0. The largest absolute Gasteiger partial charge is 0.466 e. The van der Waals surface area contributed by atoms with Gasteiger partial charge in [0.25, 0.3) is 0 Å². The maximum Gasteiger partial charge on any atom is 0.305 e. The van der Waals surface area contributed by atoms with Gasteiger partial charge in [0.15, 0.2) is 0 Å². The minimum Gasteiger partial charge on any atom is -0.466 e. The highest BCUT2D eigenvalue weighted by molar-refractivity contribution is 5.69. The fourth-order valence-corrected chi connectivity index (χ4v) is 1.22. The molecule has 0 saturated heterocycles. The first-order valence-electron chi connectivity index (χ1n) is 5.01. The van der Waals surface area contributed by atoms with E-state index in [1.54, 1.807) is 6.92 Å². The monoisotopic (exact) mass is 210 g/mol. The van der Waals surface area contributed by atoms with Crippen molar-refractivity contribution in [2.75, 3.05) is 13.2 Å². The second kappa shape index (κ2) is 7.94. The summed E-state index contributed by atoms with van der Waals surface area (Å²) in [5.41, 5.74) is 10.5. The summed E-state index contributed by atoms with van der Waals surface area (Å²) in [5, 5.41) is 3.34. The third-order valence-electron chi connectivity index (χ3n) is 2.21. The van der Waals surface area contributed by atoms with Crippen molar-refractivity contribution in [1.82, 2.24) is 0 Å². The Balaban J connectivity index is 4.12. The molecule has 0 rings (SSSR count). The molecule has 0 amide bonds. The Labute approximate surface area is 90.5 Å². The lowest BCUT2D eigenvalue weighted by molar-refractivity contribution is -0.143. The van der Waals surface area contributed by atoms with Crippen molar-refractivity contribution >= 4 is 5.97 Å². The van der Waals surface area contributed by atoms with Crippen LogP contribution in [0.25, 0.3) is 0 Å². The van der Waals surface area contributed by atoms with Crippen LogP contribution in [-0.2, 0) is 9.53 Å². The first-order chi connectivity index (χ1) is 7.15. The zero-order valence-electron chi connectivity index (χ0n) is 9.38. The molecule has 1 unspecified atom stereocenters. The SMILES string of the molecule is C=C=C(C)C(CCC(=O)OCC)CN=N. The molecule has 0 bridgehead atoms. The quantitative estimate of drug-likeness (QED) is 0.399. The second-order valence-electron chi connectivity index (χ2n) is 3.24. The second-order valence-corrected chi connectivity index (χ2v) is 3.24. The molecule has 4 heteroatoms. The number of carbonyl (C=O) groups excluding carboxylic acids is 1. The molecule has 0 fully saturated rings. The van der Waals surface area contributed by atoms with Gasteiger partial charge in [-0.1, -0.05) is 6.58 Å². The average Bonchev–Trinajstić information content (AvgIpc) is 2.23. The van der Waals surface area contributed by atoms with Gasteiger partial charge in [-0.3, -0.25) is 4.79 Å². The van der Waals surface area contributed by atoms with E-state index in [4.69, 9.17) is 10.3 Å². The third kappa shape index (κ3) is 5.81. The Morgan fingerprint density at radius 2 is 2.33 bits per heavy atom. The predicted octanol–water partition coefficient (Wildman–Crippen LogP) is 2.71. The smallest absolute Gasteiger partial charge is 0.305 e. The average molecular weight is 210 g/mol. The maximum atomic E-state index is 11.1. The summed E-state index contributed by atoms with van der Waals surface area (Å²) < 4.78 is 4.82. The Bertz CT molecular complexity index is 268. The molecule has 1 atom stereocenters. The Morgan fingerprint density at radius 3 is 2.80 bits per heavy atom. The molecule has 0 aliphatic heterocycles. The highest BCUT2D eigenvalue weighted by Gasteiger charge is 2.13. The summed E-state index contributed by atoms with van der Waals surface area (Å²) in [6.45, 7) is 8.00. The van der Waals surface area contributed by atoms with Crippen LogP contribution in [0, 0.1) is 11.4 Å². The van der Waals surface area contributed by atoms with Gasteiger partial charge in [-0.25, -0.2) is 5.53 Å². The van der Waals surface area contributed by atoms with Crippen molar-refractivity contribution in [2.24, 2.45) is 11.0 Å². The third-order valence-corrected chi connectivity index (χ3v) is 2.21. The minimum atomic E-state index is -0.204. The van der Waals surface area contributed by atoms with Crippen molar-refractivity contribution < 1.29 is 9.53 Å². The number of nitrogens with one attached hydrogen (secondary N) is 1. The van der Waals surface area contributed by atoms with E-state index in [9.17, 15) is 4.79 Å². The Kier molecular flexibility index (Phi) is 7.20. The topological polar surface area (TPSA) is 62.5 Å². The highest BCUT2D eigenvalue weighted by Crippen LogP contribution is 2.16. The van der Waals surface area contributed by atoms with Gasteiger partial charge in [0, 0.05) is 12.3 Å². The van der Waals surface area contributed by atoms with Crippen LogP contribution in [-0.4, -0.2) is 19.1 Å². The Morgan fingerprint density at radius 1 is 1.67 bits per heavy atom. The molecular formula is C11H18N2O2. The minimum absolute atomic E-state index is 0.0735. The summed E-state index contributed by atoms with van der Waals surface area (Å²) in [7, 11) is 0. The van der Waals surface area contributed by atoms with Crippen LogP contribution in [0.3, 0.4) is 0 Å². The first-order valence-corrected chi connectivity index (χ1v) is 5.01. The van der Waals surface area contributed by atoms with Crippen LogP contribution in [0.5, 0.6) is 0 Å². The molecule has 0 saturated carbocycles. The highest BCUT2D eigenvalue weighted by atomic mass is 16.5. The lowest BCUT2D eigenvalue weighted by Crippen LogP contribution is -2.11. The van der Waals surface area contributed by atoms with Crippen LogP contribution in [0.2, 0.25) is 0 Å². The van der Waals surface area contributed by atoms with Gasteiger partial charge in [0.2, 0.25) is 0 Å². The maximum absolute atomic E-state index is 11.1. The number of hydrogen-bond donors (Lipinski definition) is 1. The molecule has 1 N–H and O–H groups in total. The molecule has 0 aliphatic carbocycles. The van der Waals surface area contributed by atoms with Crippen LogP contribution in [0.1, 0.15) is 26.7 Å². The predicted molar refractivity (Wildman–Crippen MR) is 57.7 cm³/mol. The summed E-state index contributed by atoms with van der Waals surface area (Å²) in [6.07, 6.45) is 0.989. The molecule has 84 valence electrons. The molecule has 0 radical (unpaired) electrons. The molecule has 4 nitrogen and oxygen atoms in total.